The number of amides is 2. The average Bonchev–Trinajstić information content (AvgIpc) is 2.63. The first kappa shape index (κ1) is 17.3. The lowest BCUT2D eigenvalue weighted by atomic mass is 9.80. The van der Waals surface area contributed by atoms with Crippen LogP contribution in [0.5, 0.6) is 5.75 Å². The molecule has 1 fully saturated rings. The van der Waals surface area contributed by atoms with Gasteiger partial charge in [-0.2, -0.15) is 0 Å². The van der Waals surface area contributed by atoms with Crippen LogP contribution in [0.4, 0.5) is 4.79 Å². The summed E-state index contributed by atoms with van der Waals surface area (Å²) in [5.74, 6) is 0.717. The van der Waals surface area contributed by atoms with E-state index in [-0.39, 0.29) is 18.6 Å². The normalized spacial score (nSPS) is 16.4. The third-order valence-corrected chi connectivity index (χ3v) is 4.72. The zero-order chi connectivity index (χ0) is 17.7. The van der Waals surface area contributed by atoms with Crippen molar-refractivity contribution in [1.29, 1.82) is 0 Å². The van der Waals surface area contributed by atoms with Gasteiger partial charge in [0.2, 0.25) is 0 Å². The van der Waals surface area contributed by atoms with Crippen molar-refractivity contribution in [2.45, 2.75) is 30.9 Å². The lowest BCUT2D eigenvalue weighted by Crippen LogP contribution is -2.50. The number of ether oxygens (including phenoxy) is 1. The van der Waals surface area contributed by atoms with Gasteiger partial charge in [-0.15, -0.1) is 0 Å². The first-order valence-corrected chi connectivity index (χ1v) is 8.56. The van der Waals surface area contributed by atoms with Gasteiger partial charge in [0.05, 0.1) is 18.8 Å². The molecule has 5 heteroatoms. The molecular weight excluding hydrogens is 316 g/mol. The fourth-order valence-corrected chi connectivity index (χ4v) is 3.08. The zero-order valence-corrected chi connectivity index (χ0v) is 14.4. The number of hydrogen-bond acceptors (Lipinski definition) is 3. The van der Waals surface area contributed by atoms with Crippen LogP contribution >= 0.6 is 0 Å². The molecule has 0 heterocycles. The van der Waals surface area contributed by atoms with Crippen molar-refractivity contribution in [3.8, 4) is 5.75 Å². The molecule has 1 aliphatic carbocycles. The van der Waals surface area contributed by atoms with Gasteiger partial charge in [-0.05, 0) is 30.9 Å². The average molecular weight is 340 g/mol. The molecule has 1 unspecified atom stereocenters. The SMILES string of the molecule is COc1ccccc1C(NC(=O)NCC1(O)CCC1)c1ccccc1. The second kappa shape index (κ2) is 7.57. The Bertz CT molecular complexity index is 714. The van der Waals surface area contributed by atoms with Crippen molar-refractivity contribution in [3.63, 3.8) is 0 Å². The van der Waals surface area contributed by atoms with E-state index in [2.05, 4.69) is 10.6 Å². The van der Waals surface area contributed by atoms with E-state index in [9.17, 15) is 9.90 Å². The molecule has 5 nitrogen and oxygen atoms in total. The highest BCUT2D eigenvalue weighted by atomic mass is 16.5. The van der Waals surface area contributed by atoms with Gasteiger partial charge in [0.1, 0.15) is 5.75 Å². The largest absolute Gasteiger partial charge is 0.496 e. The summed E-state index contributed by atoms with van der Waals surface area (Å²) < 4.78 is 5.46. The topological polar surface area (TPSA) is 70.6 Å². The Morgan fingerprint density at radius 3 is 2.48 bits per heavy atom. The van der Waals surface area contributed by atoms with E-state index in [0.29, 0.717) is 5.75 Å². The monoisotopic (exact) mass is 340 g/mol. The third-order valence-electron chi connectivity index (χ3n) is 4.72. The fourth-order valence-electron chi connectivity index (χ4n) is 3.08. The molecule has 3 N–H and O–H groups in total. The second-order valence-corrected chi connectivity index (χ2v) is 6.49. The van der Waals surface area contributed by atoms with E-state index in [1.807, 2.05) is 54.6 Å². The lowest BCUT2D eigenvalue weighted by molar-refractivity contribution is -0.0290. The Balaban J connectivity index is 1.78. The molecule has 0 radical (unpaired) electrons. The Hall–Kier alpha value is -2.53. The molecule has 2 aromatic rings. The maximum Gasteiger partial charge on any atom is 0.315 e. The zero-order valence-electron chi connectivity index (χ0n) is 14.4. The van der Waals surface area contributed by atoms with Gasteiger partial charge in [0.25, 0.3) is 0 Å². The van der Waals surface area contributed by atoms with Crippen LogP contribution < -0.4 is 15.4 Å². The molecule has 25 heavy (non-hydrogen) atoms. The number of para-hydroxylation sites is 1. The van der Waals surface area contributed by atoms with Crippen molar-refractivity contribution in [1.82, 2.24) is 10.6 Å². The summed E-state index contributed by atoms with van der Waals surface area (Å²) in [6, 6.07) is 16.7. The number of rotatable bonds is 6. The van der Waals surface area contributed by atoms with E-state index in [4.69, 9.17) is 4.74 Å². The molecule has 0 aromatic heterocycles. The van der Waals surface area contributed by atoms with Crippen LogP contribution in [-0.2, 0) is 0 Å². The molecular formula is C20H24N2O3. The van der Waals surface area contributed by atoms with E-state index < -0.39 is 5.60 Å². The molecule has 1 atom stereocenters. The predicted molar refractivity (Wildman–Crippen MR) is 96.6 cm³/mol. The molecule has 0 spiro atoms. The lowest BCUT2D eigenvalue weighted by Gasteiger charge is -2.36. The Kier molecular flexibility index (Phi) is 5.24. The highest BCUT2D eigenvalue weighted by Gasteiger charge is 2.34. The van der Waals surface area contributed by atoms with Gasteiger partial charge in [-0.25, -0.2) is 4.79 Å². The minimum atomic E-state index is -0.746. The minimum absolute atomic E-state index is 0.270. The number of aliphatic hydroxyl groups is 1. The number of nitrogens with one attached hydrogen (secondary N) is 2. The smallest absolute Gasteiger partial charge is 0.315 e. The van der Waals surface area contributed by atoms with E-state index in [0.717, 1.165) is 30.4 Å². The highest BCUT2D eigenvalue weighted by molar-refractivity contribution is 5.75. The minimum Gasteiger partial charge on any atom is -0.496 e. The van der Waals surface area contributed by atoms with Crippen LogP contribution in [0.15, 0.2) is 54.6 Å². The van der Waals surface area contributed by atoms with Crippen LogP contribution in [0.3, 0.4) is 0 Å². The van der Waals surface area contributed by atoms with Gasteiger partial charge >= 0.3 is 6.03 Å². The Labute approximate surface area is 148 Å². The number of benzene rings is 2. The molecule has 0 saturated heterocycles. The standard InChI is InChI=1S/C20H24N2O3/c1-25-17-11-6-5-10-16(17)18(15-8-3-2-4-9-15)22-19(23)21-14-20(24)12-7-13-20/h2-6,8-11,18,24H,7,12-14H2,1H3,(H2,21,22,23). The van der Waals surface area contributed by atoms with Gasteiger partial charge in [0, 0.05) is 12.1 Å². The van der Waals surface area contributed by atoms with Crippen molar-refractivity contribution < 1.29 is 14.6 Å². The van der Waals surface area contributed by atoms with Gasteiger partial charge < -0.3 is 20.5 Å². The number of carbonyl (C=O) groups excluding carboxylic acids is 1. The van der Waals surface area contributed by atoms with E-state index in [1.54, 1.807) is 7.11 Å². The third kappa shape index (κ3) is 4.12. The summed E-state index contributed by atoms with van der Waals surface area (Å²) in [5.41, 5.74) is 1.10. The molecule has 0 aliphatic heterocycles. The van der Waals surface area contributed by atoms with Gasteiger partial charge in [-0.3, -0.25) is 0 Å². The van der Waals surface area contributed by atoms with Crippen LogP contribution in [0.25, 0.3) is 0 Å². The van der Waals surface area contributed by atoms with Crippen LogP contribution in [0.2, 0.25) is 0 Å². The second-order valence-electron chi connectivity index (χ2n) is 6.49. The molecule has 1 saturated carbocycles. The summed E-state index contributed by atoms with van der Waals surface area (Å²) in [6.07, 6.45) is 2.48. The maximum atomic E-state index is 12.4. The van der Waals surface area contributed by atoms with Crippen molar-refractivity contribution in [3.05, 3.63) is 65.7 Å². The van der Waals surface area contributed by atoms with Crippen molar-refractivity contribution in [2.24, 2.45) is 0 Å². The van der Waals surface area contributed by atoms with Gasteiger partial charge in [0.15, 0.2) is 0 Å². The first-order chi connectivity index (χ1) is 12.1. The van der Waals surface area contributed by atoms with Crippen LogP contribution in [0, 0.1) is 0 Å². The number of hydrogen-bond donors (Lipinski definition) is 3. The number of urea groups is 1. The molecule has 2 amide bonds. The fraction of sp³-hybridized carbons (Fsp3) is 0.350. The number of carbonyl (C=O) groups is 1. The summed E-state index contributed by atoms with van der Waals surface area (Å²) in [5, 5.41) is 15.9. The molecule has 132 valence electrons. The summed E-state index contributed by atoms with van der Waals surface area (Å²) >= 11 is 0. The van der Waals surface area contributed by atoms with E-state index in [1.165, 1.54) is 0 Å². The number of methoxy groups -OCH3 is 1. The molecule has 2 aromatic carbocycles. The summed E-state index contributed by atoms with van der Waals surface area (Å²) in [7, 11) is 1.62. The van der Waals surface area contributed by atoms with Gasteiger partial charge in [-0.1, -0.05) is 48.5 Å². The van der Waals surface area contributed by atoms with Crippen LogP contribution in [0.1, 0.15) is 36.4 Å². The highest BCUT2D eigenvalue weighted by Crippen LogP contribution is 2.31. The Morgan fingerprint density at radius 1 is 1.16 bits per heavy atom. The quantitative estimate of drug-likeness (QED) is 0.757. The summed E-state index contributed by atoms with van der Waals surface area (Å²) in [4.78, 5) is 12.4. The summed E-state index contributed by atoms with van der Waals surface area (Å²) in [6.45, 7) is 0.270. The molecule has 1 aliphatic rings. The molecule has 3 rings (SSSR count). The van der Waals surface area contributed by atoms with Crippen molar-refractivity contribution in [2.75, 3.05) is 13.7 Å². The first-order valence-electron chi connectivity index (χ1n) is 8.56. The van der Waals surface area contributed by atoms with Crippen molar-refractivity contribution >= 4 is 6.03 Å². The van der Waals surface area contributed by atoms with E-state index >= 15 is 0 Å². The maximum absolute atomic E-state index is 12.4. The van der Waals surface area contributed by atoms with Crippen LogP contribution in [-0.4, -0.2) is 30.4 Å². The molecule has 0 bridgehead atoms. The Morgan fingerprint density at radius 2 is 1.84 bits per heavy atom. The predicted octanol–water partition coefficient (Wildman–Crippen LogP) is 3.00.